The van der Waals surface area contributed by atoms with Crippen molar-refractivity contribution in [3.63, 3.8) is 0 Å². The third kappa shape index (κ3) is 5.74. The number of para-hydroxylation sites is 2. The molecule has 9 rings (SSSR count). The zero-order valence-corrected chi connectivity index (χ0v) is 28.1. The molecule has 52 heavy (non-hydrogen) atoms. The van der Waals surface area contributed by atoms with E-state index < -0.39 is 5.41 Å². The van der Waals surface area contributed by atoms with Crippen LogP contribution < -0.4 is 14.2 Å². The highest BCUT2D eigenvalue weighted by Crippen LogP contribution is 2.56. The van der Waals surface area contributed by atoms with Gasteiger partial charge < -0.3 is 14.2 Å². The largest absolute Gasteiger partial charge is 0.457 e. The van der Waals surface area contributed by atoms with Crippen LogP contribution in [0, 0.1) is 0 Å². The van der Waals surface area contributed by atoms with E-state index in [-0.39, 0.29) is 0 Å². The summed E-state index contributed by atoms with van der Waals surface area (Å²) in [5.74, 6) is 4.16. The van der Waals surface area contributed by atoms with Crippen molar-refractivity contribution in [3.8, 4) is 57.0 Å². The standard InChI is InChI=1S/C47H32N2O3/c1-5-15-33(16-6-1)41-23-13-25-45(48-41)47(46-26-14-24-42(49-46)34-17-7-2-8-18-34)39-31-37(50-35-19-9-3-10-20-35)27-29-43(39)52-44-30-28-38(32-40(44)47)51-36-21-11-4-12-22-36/h1-32H. The van der Waals surface area contributed by atoms with E-state index in [1.807, 2.05) is 133 Å². The van der Waals surface area contributed by atoms with Crippen molar-refractivity contribution >= 4 is 0 Å². The molecule has 5 nitrogen and oxygen atoms in total. The first-order valence-corrected chi connectivity index (χ1v) is 17.2. The van der Waals surface area contributed by atoms with E-state index in [1.165, 1.54) is 0 Å². The summed E-state index contributed by atoms with van der Waals surface area (Å²) in [6, 6.07) is 64.4. The van der Waals surface area contributed by atoms with Gasteiger partial charge in [-0.15, -0.1) is 0 Å². The third-order valence-electron chi connectivity index (χ3n) is 9.29. The summed E-state index contributed by atoms with van der Waals surface area (Å²) in [6.45, 7) is 0. The minimum atomic E-state index is -1.06. The second-order valence-electron chi connectivity index (χ2n) is 12.5. The van der Waals surface area contributed by atoms with Gasteiger partial charge in [0, 0.05) is 22.3 Å². The van der Waals surface area contributed by atoms with Gasteiger partial charge in [0.15, 0.2) is 0 Å². The van der Waals surface area contributed by atoms with Crippen LogP contribution in [0.25, 0.3) is 22.5 Å². The molecule has 0 radical (unpaired) electrons. The summed E-state index contributed by atoms with van der Waals surface area (Å²) in [6.07, 6.45) is 0. The molecule has 0 aliphatic carbocycles. The summed E-state index contributed by atoms with van der Waals surface area (Å²) in [7, 11) is 0. The molecule has 0 unspecified atom stereocenters. The number of pyridine rings is 2. The van der Waals surface area contributed by atoms with Crippen LogP contribution >= 0.6 is 0 Å². The van der Waals surface area contributed by atoms with Gasteiger partial charge in [0.1, 0.15) is 39.9 Å². The molecule has 3 heterocycles. The number of ether oxygens (including phenoxy) is 3. The van der Waals surface area contributed by atoms with Gasteiger partial charge >= 0.3 is 0 Å². The Bertz CT molecular complexity index is 2310. The topological polar surface area (TPSA) is 53.5 Å². The van der Waals surface area contributed by atoms with E-state index in [2.05, 4.69) is 60.7 Å². The van der Waals surface area contributed by atoms with E-state index in [0.717, 1.165) is 56.5 Å². The van der Waals surface area contributed by atoms with E-state index in [0.29, 0.717) is 23.0 Å². The fraction of sp³-hybridized carbons (Fsp3) is 0.0213. The molecule has 0 atom stereocenters. The van der Waals surface area contributed by atoms with Gasteiger partial charge in [-0.3, -0.25) is 9.97 Å². The average Bonchev–Trinajstić information content (AvgIpc) is 3.22. The molecule has 0 amide bonds. The van der Waals surface area contributed by atoms with Crippen molar-refractivity contribution in [2.45, 2.75) is 5.41 Å². The average molecular weight is 673 g/mol. The molecule has 0 N–H and O–H groups in total. The number of aromatic nitrogens is 2. The number of benzene rings is 6. The lowest BCUT2D eigenvalue weighted by molar-refractivity contribution is 0.419. The molecule has 0 saturated carbocycles. The Hall–Kier alpha value is -6.98. The normalized spacial score (nSPS) is 12.5. The summed E-state index contributed by atoms with van der Waals surface area (Å²) < 4.78 is 19.7. The van der Waals surface area contributed by atoms with Gasteiger partial charge in [-0.25, -0.2) is 0 Å². The van der Waals surface area contributed by atoms with Crippen molar-refractivity contribution in [1.29, 1.82) is 0 Å². The monoisotopic (exact) mass is 672 g/mol. The Labute approximate surface area is 302 Å². The number of fused-ring (bicyclic) bond motifs is 2. The summed E-state index contributed by atoms with van der Waals surface area (Å²) in [5.41, 5.74) is 5.92. The van der Waals surface area contributed by atoms with E-state index in [4.69, 9.17) is 24.2 Å². The lowest BCUT2D eigenvalue weighted by Gasteiger charge is -2.40. The molecule has 5 heteroatoms. The minimum Gasteiger partial charge on any atom is -0.457 e. The minimum absolute atomic E-state index is 0.663. The first-order chi connectivity index (χ1) is 25.7. The molecule has 248 valence electrons. The summed E-state index contributed by atoms with van der Waals surface area (Å²) >= 11 is 0. The molecule has 0 bridgehead atoms. The Morgan fingerprint density at radius 2 is 0.769 bits per heavy atom. The van der Waals surface area contributed by atoms with Gasteiger partial charge in [0.25, 0.3) is 0 Å². The van der Waals surface area contributed by atoms with Gasteiger partial charge in [-0.1, -0.05) is 109 Å². The number of hydrogen-bond donors (Lipinski definition) is 0. The highest BCUT2D eigenvalue weighted by atomic mass is 16.5. The Kier molecular flexibility index (Phi) is 7.99. The zero-order valence-electron chi connectivity index (χ0n) is 28.1. The Morgan fingerprint density at radius 1 is 0.365 bits per heavy atom. The maximum Gasteiger partial charge on any atom is 0.132 e. The molecule has 2 aromatic heterocycles. The highest BCUT2D eigenvalue weighted by Gasteiger charge is 2.48. The molecule has 0 fully saturated rings. The Balaban J connectivity index is 1.35. The smallest absolute Gasteiger partial charge is 0.132 e. The quantitative estimate of drug-likeness (QED) is 0.161. The third-order valence-corrected chi connectivity index (χ3v) is 9.29. The predicted molar refractivity (Wildman–Crippen MR) is 204 cm³/mol. The maximum atomic E-state index is 6.75. The number of hydrogen-bond acceptors (Lipinski definition) is 5. The summed E-state index contributed by atoms with van der Waals surface area (Å²) in [5, 5.41) is 0. The molecule has 8 aromatic rings. The maximum absolute atomic E-state index is 6.75. The van der Waals surface area contributed by atoms with E-state index in [1.54, 1.807) is 0 Å². The van der Waals surface area contributed by atoms with Crippen molar-refractivity contribution < 1.29 is 14.2 Å². The van der Waals surface area contributed by atoms with Crippen LogP contribution in [-0.4, -0.2) is 9.97 Å². The van der Waals surface area contributed by atoms with Crippen LogP contribution in [0.5, 0.6) is 34.5 Å². The van der Waals surface area contributed by atoms with Crippen molar-refractivity contribution in [3.05, 3.63) is 217 Å². The van der Waals surface area contributed by atoms with Gasteiger partial charge in [-0.2, -0.15) is 0 Å². The Morgan fingerprint density at radius 3 is 1.19 bits per heavy atom. The lowest BCUT2D eigenvalue weighted by Crippen LogP contribution is -2.36. The highest BCUT2D eigenvalue weighted by molar-refractivity contribution is 5.71. The van der Waals surface area contributed by atoms with E-state index >= 15 is 0 Å². The van der Waals surface area contributed by atoms with Crippen LogP contribution in [0.15, 0.2) is 194 Å². The van der Waals surface area contributed by atoms with Crippen LogP contribution in [0.1, 0.15) is 22.5 Å². The van der Waals surface area contributed by atoms with Crippen LogP contribution in [0.3, 0.4) is 0 Å². The van der Waals surface area contributed by atoms with Crippen molar-refractivity contribution in [2.75, 3.05) is 0 Å². The van der Waals surface area contributed by atoms with Crippen molar-refractivity contribution in [1.82, 2.24) is 9.97 Å². The van der Waals surface area contributed by atoms with Crippen LogP contribution in [0.2, 0.25) is 0 Å². The molecule has 6 aromatic carbocycles. The molecule has 0 saturated heterocycles. The van der Waals surface area contributed by atoms with Gasteiger partial charge in [0.2, 0.25) is 0 Å². The molecule has 1 aliphatic heterocycles. The number of rotatable bonds is 8. The van der Waals surface area contributed by atoms with Gasteiger partial charge in [-0.05, 0) is 84.9 Å². The lowest BCUT2D eigenvalue weighted by atomic mass is 9.67. The zero-order chi connectivity index (χ0) is 34.7. The first kappa shape index (κ1) is 31.0. The predicted octanol–water partition coefficient (Wildman–Crippen LogP) is 11.9. The molecule has 0 spiro atoms. The fourth-order valence-corrected chi connectivity index (χ4v) is 6.93. The second-order valence-corrected chi connectivity index (χ2v) is 12.5. The van der Waals surface area contributed by atoms with E-state index in [9.17, 15) is 0 Å². The van der Waals surface area contributed by atoms with Crippen molar-refractivity contribution in [2.24, 2.45) is 0 Å². The molecule has 1 aliphatic rings. The molecular weight excluding hydrogens is 641 g/mol. The molecular formula is C47H32N2O3. The SMILES string of the molecule is c1ccc(Oc2ccc3c(c2)C(c2cccc(-c4ccccc4)n2)(c2cccc(-c4ccccc4)n2)c2cc(Oc4ccccc4)ccc2O3)cc1. The summed E-state index contributed by atoms with van der Waals surface area (Å²) in [4.78, 5) is 10.9. The van der Waals surface area contributed by atoms with Crippen LogP contribution in [0.4, 0.5) is 0 Å². The fourth-order valence-electron chi connectivity index (χ4n) is 6.93. The number of nitrogens with zero attached hydrogens (tertiary/aromatic N) is 2. The second kappa shape index (κ2) is 13.4. The van der Waals surface area contributed by atoms with Gasteiger partial charge in [0.05, 0.1) is 22.8 Å². The van der Waals surface area contributed by atoms with Crippen LogP contribution in [-0.2, 0) is 5.41 Å². The first-order valence-electron chi connectivity index (χ1n) is 17.2.